The Hall–Kier alpha value is -2.71. The standard InChI is InChI=1S/C18H13N3O3S2/c1-21-16(23)11-5-3-9(7-12(11)17(21)24)15(22)19-10-4-6-13-14(8-10)26-18(20-13)25-2/h3-8H,1-2H3,(H,19,22). The monoisotopic (exact) mass is 383 g/mol. The molecule has 6 nitrogen and oxygen atoms in total. The van der Waals surface area contributed by atoms with Crippen molar-refractivity contribution in [3.05, 3.63) is 53.1 Å². The molecule has 130 valence electrons. The molecule has 4 rings (SSSR count). The van der Waals surface area contributed by atoms with Crippen LogP contribution in [0.15, 0.2) is 40.7 Å². The Morgan fingerprint density at radius 3 is 2.65 bits per heavy atom. The lowest BCUT2D eigenvalue weighted by Crippen LogP contribution is -2.24. The second-order valence-electron chi connectivity index (χ2n) is 5.75. The summed E-state index contributed by atoms with van der Waals surface area (Å²) in [6, 6.07) is 10.1. The number of thioether (sulfide) groups is 1. The van der Waals surface area contributed by atoms with Crippen LogP contribution in [0.2, 0.25) is 0 Å². The summed E-state index contributed by atoms with van der Waals surface area (Å²) in [6.45, 7) is 0. The molecule has 0 radical (unpaired) electrons. The Morgan fingerprint density at radius 2 is 1.88 bits per heavy atom. The minimum Gasteiger partial charge on any atom is -0.322 e. The molecule has 2 aromatic carbocycles. The molecule has 1 aromatic heterocycles. The van der Waals surface area contributed by atoms with Crippen LogP contribution in [0, 0.1) is 0 Å². The number of imide groups is 1. The quantitative estimate of drug-likeness (QED) is 0.553. The number of rotatable bonds is 3. The van der Waals surface area contributed by atoms with Gasteiger partial charge in [-0.15, -0.1) is 11.3 Å². The van der Waals surface area contributed by atoms with Gasteiger partial charge < -0.3 is 5.32 Å². The summed E-state index contributed by atoms with van der Waals surface area (Å²) < 4.78 is 1.96. The van der Waals surface area contributed by atoms with Crippen LogP contribution < -0.4 is 5.32 Å². The van der Waals surface area contributed by atoms with Crippen LogP contribution in [-0.2, 0) is 0 Å². The van der Waals surface area contributed by atoms with Crippen LogP contribution in [0.4, 0.5) is 5.69 Å². The highest BCUT2D eigenvalue weighted by molar-refractivity contribution is 8.00. The van der Waals surface area contributed by atoms with E-state index in [0.29, 0.717) is 16.8 Å². The summed E-state index contributed by atoms with van der Waals surface area (Å²) in [7, 11) is 1.43. The van der Waals surface area contributed by atoms with E-state index in [4.69, 9.17) is 0 Å². The highest BCUT2D eigenvalue weighted by Crippen LogP contribution is 2.30. The van der Waals surface area contributed by atoms with Crippen molar-refractivity contribution in [3.8, 4) is 0 Å². The van der Waals surface area contributed by atoms with Crippen molar-refractivity contribution in [2.75, 3.05) is 18.6 Å². The van der Waals surface area contributed by atoms with Gasteiger partial charge in [0.15, 0.2) is 4.34 Å². The first-order valence-corrected chi connectivity index (χ1v) is 9.74. The molecule has 0 saturated heterocycles. The summed E-state index contributed by atoms with van der Waals surface area (Å²) in [6.07, 6.45) is 1.97. The van der Waals surface area contributed by atoms with E-state index in [2.05, 4.69) is 10.3 Å². The lowest BCUT2D eigenvalue weighted by Gasteiger charge is -2.06. The van der Waals surface area contributed by atoms with Gasteiger partial charge in [0.1, 0.15) is 0 Å². The number of nitrogens with one attached hydrogen (secondary N) is 1. The Morgan fingerprint density at radius 1 is 1.12 bits per heavy atom. The number of aromatic nitrogens is 1. The predicted octanol–water partition coefficient (Wildman–Crippen LogP) is 3.50. The van der Waals surface area contributed by atoms with Gasteiger partial charge >= 0.3 is 0 Å². The molecule has 0 bridgehead atoms. The molecular weight excluding hydrogens is 370 g/mol. The average Bonchev–Trinajstić information content (AvgIpc) is 3.16. The van der Waals surface area contributed by atoms with E-state index < -0.39 is 5.91 Å². The van der Waals surface area contributed by atoms with Crippen LogP contribution >= 0.6 is 23.1 Å². The predicted molar refractivity (Wildman–Crippen MR) is 102 cm³/mol. The number of thiazole rings is 1. The number of hydrogen-bond donors (Lipinski definition) is 1. The molecule has 1 aliphatic heterocycles. The highest BCUT2D eigenvalue weighted by atomic mass is 32.2. The number of hydrogen-bond acceptors (Lipinski definition) is 6. The summed E-state index contributed by atoms with van der Waals surface area (Å²) >= 11 is 3.14. The summed E-state index contributed by atoms with van der Waals surface area (Å²) in [4.78, 5) is 42.1. The fraction of sp³-hybridized carbons (Fsp3) is 0.111. The molecule has 0 saturated carbocycles. The molecule has 0 aliphatic carbocycles. The molecule has 0 atom stereocenters. The van der Waals surface area contributed by atoms with E-state index in [-0.39, 0.29) is 17.4 Å². The largest absolute Gasteiger partial charge is 0.322 e. The SMILES string of the molecule is CSc1nc2ccc(NC(=O)c3ccc4c(c3)C(=O)N(C)C4=O)cc2s1. The average molecular weight is 383 g/mol. The van der Waals surface area contributed by atoms with Gasteiger partial charge in [-0.1, -0.05) is 11.8 Å². The van der Waals surface area contributed by atoms with Crippen molar-refractivity contribution in [1.29, 1.82) is 0 Å². The lowest BCUT2D eigenvalue weighted by molar-refractivity contribution is 0.0693. The summed E-state index contributed by atoms with van der Waals surface area (Å²) in [5.74, 6) is -1.08. The van der Waals surface area contributed by atoms with Gasteiger partial charge in [0.25, 0.3) is 17.7 Å². The molecule has 8 heteroatoms. The van der Waals surface area contributed by atoms with Crippen molar-refractivity contribution in [3.63, 3.8) is 0 Å². The number of nitrogens with zero attached hydrogens (tertiary/aromatic N) is 2. The maximum Gasteiger partial charge on any atom is 0.261 e. The molecule has 26 heavy (non-hydrogen) atoms. The van der Waals surface area contributed by atoms with E-state index in [9.17, 15) is 14.4 Å². The molecule has 3 amide bonds. The van der Waals surface area contributed by atoms with Gasteiger partial charge in [0.05, 0.1) is 21.3 Å². The van der Waals surface area contributed by atoms with Crippen LogP contribution in [0.25, 0.3) is 10.2 Å². The number of carbonyl (C=O) groups is 3. The molecule has 0 unspecified atom stereocenters. The van der Waals surface area contributed by atoms with Crippen molar-refractivity contribution >= 4 is 56.7 Å². The number of fused-ring (bicyclic) bond motifs is 2. The Labute approximate surface area is 157 Å². The van der Waals surface area contributed by atoms with Gasteiger partial charge in [-0.3, -0.25) is 19.3 Å². The van der Waals surface area contributed by atoms with Crippen LogP contribution in [0.5, 0.6) is 0 Å². The maximum atomic E-state index is 12.5. The van der Waals surface area contributed by atoms with Crippen LogP contribution in [0.3, 0.4) is 0 Å². The van der Waals surface area contributed by atoms with Crippen molar-refractivity contribution in [2.24, 2.45) is 0 Å². The van der Waals surface area contributed by atoms with Crippen molar-refractivity contribution in [1.82, 2.24) is 9.88 Å². The highest BCUT2D eigenvalue weighted by Gasteiger charge is 2.33. The Balaban J connectivity index is 1.61. The molecule has 3 aromatic rings. The first kappa shape index (κ1) is 16.7. The minimum atomic E-state index is -0.393. The van der Waals surface area contributed by atoms with Gasteiger partial charge in [-0.25, -0.2) is 4.98 Å². The topological polar surface area (TPSA) is 79.4 Å². The maximum absolute atomic E-state index is 12.5. The minimum absolute atomic E-state index is 0.257. The molecule has 2 heterocycles. The van der Waals surface area contributed by atoms with Crippen LogP contribution in [-0.4, -0.2) is 40.9 Å². The molecular formula is C18H13N3O3S2. The van der Waals surface area contributed by atoms with E-state index >= 15 is 0 Å². The van der Waals surface area contributed by atoms with Gasteiger partial charge in [0.2, 0.25) is 0 Å². The number of benzene rings is 2. The van der Waals surface area contributed by atoms with Gasteiger partial charge in [-0.05, 0) is 42.7 Å². The van der Waals surface area contributed by atoms with E-state index in [1.165, 1.54) is 19.2 Å². The van der Waals surface area contributed by atoms with Crippen molar-refractivity contribution in [2.45, 2.75) is 4.34 Å². The normalized spacial score (nSPS) is 13.4. The first-order valence-electron chi connectivity index (χ1n) is 7.70. The third kappa shape index (κ3) is 2.67. The molecule has 0 fully saturated rings. The Bertz CT molecular complexity index is 1090. The number of anilines is 1. The zero-order valence-electron chi connectivity index (χ0n) is 13.9. The summed E-state index contributed by atoms with van der Waals surface area (Å²) in [5, 5.41) is 2.83. The second-order valence-corrected chi connectivity index (χ2v) is 7.83. The van der Waals surface area contributed by atoms with Gasteiger partial charge in [0, 0.05) is 18.3 Å². The van der Waals surface area contributed by atoms with Crippen molar-refractivity contribution < 1.29 is 14.4 Å². The zero-order chi connectivity index (χ0) is 18.4. The molecule has 1 N–H and O–H groups in total. The number of amides is 3. The zero-order valence-corrected chi connectivity index (χ0v) is 15.5. The third-order valence-electron chi connectivity index (χ3n) is 4.15. The fourth-order valence-corrected chi connectivity index (χ4v) is 4.30. The first-order chi connectivity index (χ1) is 12.5. The van der Waals surface area contributed by atoms with Crippen LogP contribution in [0.1, 0.15) is 31.1 Å². The van der Waals surface area contributed by atoms with E-state index in [1.807, 2.05) is 18.4 Å². The van der Waals surface area contributed by atoms with Gasteiger partial charge in [-0.2, -0.15) is 0 Å². The Kier molecular flexibility index (Phi) is 4.01. The molecule has 0 spiro atoms. The van der Waals surface area contributed by atoms with E-state index in [0.717, 1.165) is 19.5 Å². The van der Waals surface area contributed by atoms with E-state index in [1.54, 1.807) is 35.2 Å². The summed E-state index contributed by atoms with van der Waals surface area (Å²) in [5.41, 5.74) is 2.45. The number of carbonyl (C=O) groups excluding carboxylic acids is 3. The smallest absolute Gasteiger partial charge is 0.261 e. The fourth-order valence-electron chi connectivity index (χ4n) is 2.77. The third-order valence-corrected chi connectivity index (χ3v) is 6.16. The second kappa shape index (κ2) is 6.22. The molecule has 1 aliphatic rings. The lowest BCUT2D eigenvalue weighted by atomic mass is 10.1.